The van der Waals surface area contributed by atoms with Gasteiger partial charge in [-0.25, -0.2) is 0 Å². The van der Waals surface area contributed by atoms with Crippen molar-refractivity contribution in [1.29, 1.82) is 0 Å². The highest BCUT2D eigenvalue weighted by atomic mass is 16.5. The molecule has 1 aromatic rings. The van der Waals surface area contributed by atoms with Crippen molar-refractivity contribution in [3.05, 3.63) is 34.4 Å². The Labute approximate surface area is 97.6 Å². The average molecular weight is 220 g/mol. The van der Waals surface area contributed by atoms with Crippen LogP contribution in [0.2, 0.25) is 0 Å². The van der Waals surface area contributed by atoms with E-state index in [9.17, 15) is 4.79 Å². The molecule has 0 fully saturated rings. The zero-order valence-corrected chi connectivity index (χ0v) is 10.8. The summed E-state index contributed by atoms with van der Waals surface area (Å²) in [7, 11) is 1.63. The minimum Gasteiger partial charge on any atom is -0.381 e. The maximum Gasteiger partial charge on any atom is 0.165 e. The molecule has 0 aliphatic carbocycles. The molecule has 0 N–H and O–H groups in total. The monoisotopic (exact) mass is 220 g/mol. The van der Waals surface area contributed by atoms with Crippen LogP contribution in [0.25, 0.3) is 0 Å². The Morgan fingerprint density at radius 3 is 2.31 bits per heavy atom. The second-order valence-electron chi connectivity index (χ2n) is 4.43. The van der Waals surface area contributed by atoms with Gasteiger partial charge in [-0.1, -0.05) is 6.07 Å². The molecule has 2 heteroatoms. The number of ketones is 1. The summed E-state index contributed by atoms with van der Waals surface area (Å²) < 4.78 is 5.12. The lowest BCUT2D eigenvalue weighted by Crippen LogP contribution is -2.13. The molecule has 2 nitrogen and oxygen atoms in total. The van der Waals surface area contributed by atoms with Gasteiger partial charge >= 0.3 is 0 Å². The molecule has 0 aromatic heterocycles. The van der Waals surface area contributed by atoms with Gasteiger partial charge in [-0.2, -0.15) is 0 Å². The number of rotatable bonds is 4. The lowest BCUT2D eigenvalue weighted by molar-refractivity contribution is 0.0791. The van der Waals surface area contributed by atoms with Gasteiger partial charge in [-0.05, 0) is 50.5 Å². The summed E-state index contributed by atoms with van der Waals surface area (Å²) >= 11 is 0. The van der Waals surface area contributed by atoms with E-state index in [4.69, 9.17) is 4.74 Å². The number of methoxy groups -OCH3 is 1. The van der Waals surface area contributed by atoms with Crippen LogP contribution in [0.1, 0.15) is 40.4 Å². The van der Waals surface area contributed by atoms with Crippen molar-refractivity contribution in [3.63, 3.8) is 0 Å². The third kappa shape index (κ3) is 2.92. The number of carbonyl (C=O) groups excluding carboxylic acids is 1. The van der Waals surface area contributed by atoms with E-state index in [1.54, 1.807) is 7.11 Å². The van der Waals surface area contributed by atoms with Crippen LogP contribution < -0.4 is 0 Å². The maximum atomic E-state index is 12.0. The minimum atomic E-state index is -0.0199. The highest BCUT2D eigenvalue weighted by Crippen LogP contribution is 2.17. The first-order chi connectivity index (χ1) is 7.45. The smallest absolute Gasteiger partial charge is 0.165 e. The van der Waals surface area contributed by atoms with Crippen LogP contribution >= 0.6 is 0 Å². The fraction of sp³-hybridized carbons (Fsp3) is 0.500. The van der Waals surface area contributed by atoms with E-state index in [0.717, 1.165) is 11.1 Å². The SMILES string of the molecule is COC(C)CC(=O)c1cc(C)c(C)cc1C. The van der Waals surface area contributed by atoms with Crippen LogP contribution in [0.4, 0.5) is 0 Å². The second kappa shape index (κ2) is 5.26. The molecule has 1 unspecified atom stereocenters. The molecule has 1 atom stereocenters. The van der Waals surface area contributed by atoms with Crippen molar-refractivity contribution < 1.29 is 9.53 Å². The van der Waals surface area contributed by atoms with Gasteiger partial charge in [0.1, 0.15) is 0 Å². The number of benzene rings is 1. The van der Waals surface area contributed by atoms with E-state index in [1.807, 2.05) is 26.8 Å². The number of aryl methyl sites for hydroxylation is 3. The molecule has 0 spiro atoms. The van der Waals surface area contributed by atoms with Crippen LogP contribution in [0.5, 0.6) is 0 Å². The average Bonchev–Trinajstić information content (AvgIpc) is 2.23. The fourth-order valence-electron chi connectivity index (χ4n) is 1.72. The molecule has 0 amide bonds. The van der Waals surface area contributed by atoms with Gasteiger partial charge in [0.25, 0.3) is 0 Å². The number of carbonyl (C=O) groups is 1. The number of hydrogen-bond donors (Lipinski definition) is 0. The fourth-order valence-corrected chi connectivity index (χ4v) is 1.72. The largest absolute Gasteiger partial charge is 0.381 e. The van der Waals surface area contributed by atoms with Crippen LogP contribution in [0.15, 0.2) is 12.1 Å². The summed E-state index contributed by atoms with van der Waals surface area (Å²) in [5, 5.41) is 0. The highest BCUT2D eigenvalue weighted by molar-refractivity contribution is 5.98. The zero-order valence-electron chi connectivity index (χ0n) is 10.8. The van der Waals surface area contributed by atoms with Crippen molar-refractivity contribution in [2.24, 2.45) is 0 Å². The molecule has 16 heavy (non-hydrogen) atoms. The third-order valence-corrected chi connectivity index (χ3v) is 3.02. The zero-order chi connectivity index (χ0) is 12.3. The maximum absolute atomic E-state index is 12.0. The minimum absolute atomic E-state index is 0.0199. The van der Waals surface area contributed by atoms with Gasteiger partial charge in [-0.3, -0.25) is 4.79 Å². The summed E-state index contributed by atoms with van der Waals surface area (Å²) in [6.45, 7) is 7.99. The number of ether oxygens (including phenoxy) is 1. The van der Waals surface area contributed by atoms with Crippen LogP contribution in [-0.2, 0) is 4.74 Å². The van der Waals surface area contributed by atoms with Gasteiger partial charge in [0.15, 0.2) is 5.78 Å². The Kier molecular flexibility index (Phi) is 4.25. The van der Waals surface area contributed by atoms with Crippen molar-refractivity contribution in [1.82, 2.24) is 0 Å². The summed E-state index contributed by atoms with van der Waals surface area (Å²) in [5.74, 6) is 0.162. The summed E-state index contributed by atoms with van der Waals surface area (Å²) in [6, 6.07) is 4.05. The molecule has 1 rings (SSSR count). The second-order valence-corrected chi connectivity index (χ2v) is 4.43. The van der Waals surface area contributed by atoms with Gasteiger partial charge in [-0.15, -0.1) is 0 Å². The Balaban J connectivity index is 2.96. The summed E-state index contributed by atoms with van der Waals surface area (Å²) in [5.41, 5.74) is 4.27. The Hall–Kier alpha value is -1.15. The Bertz CT molecular complexity index is 394. The van der Waals surface area contributed by atoms with Gasteiger partial charge < -0.3 is 4.74 Å². The number of hydrogen-bond acceptors (Lipinski definition) is 2. The Morgan fingerprint density at radius 2 is 1.75 bits per heavy atom. The van der Waals surface area contributed by atoms with Gasteiger partial charge in [0, 0.05) is 19.1 Å². The molecule has 88 valence electrons. The van der Waals surface area contributed by atoms with Crippen molar-refractivity contribution in [2.75, 3.05) is 7.11 Å². The third-order valence-electron chi connectivity index (χ3n) is 3.02. The first-order valence-electron chi connectivity index (χ1n) is 5.59. The topological polar surface area (TPSA) is 26.3 Å². The van der Waals surface area contributed by atoms with Crippen molar-refractivity contribution >= 4 is 5.78 Å². The van der Waals surface area contributed by atoms with E-state index in [2.05, 4.69) is 13.0 Å². The molecular weight excluding hydrogens is 200 g/mol. The van der Waals surface area contributed by atoms with E-state index < -0.39 is 0 Å². The molecular formula is C14H20O2. The van der Waals surface area contributed by atoms with Gasteiger partial charge in [0.2, 0.25) is 0 Å². The summed E-state index contributed by atoms with van der Waals surface area (Å²) in [6.07, 6.45) is 0.424. The molecule has 0 radical (unpaired) electrons. The predicted octanol–water partition coefficient (Wildman–Crippen LogP) is 3.22. The van der Waals surface area contributed by atoms with Crippen LogP contribution in [-0.4, -0.2) is 19.0 Å². The van der Waals surface area contributed by atoms with Crippen molar-refractivity contribution in [3.8, 4) is 0 Å². The summed E-state index contributed by atoms with van der Waals surface area (Å²) in [4.78, 5) is 12.0. The van der Waals surface area contributed by atoms with Crippen molar-refractivity contribution in [2.45, 2.75) is 40.2 Å². The molecule has 0 saturated carbocycles. The van der Waals surface area contributed by atoms with E-state index in [-0.39, 0.29) is 11.9 Å². The molecule has 0 aliphatic heterocycles. The lowest BCUT2D eigenvalue weighted by atomic mass is 9.96. The molecule has 0 saturated heterocycles. The van der Waals surface area contributed by atoms with Gasteiger partial charge in [0.05, 0.1) is 6.10 Å². The molecule has 0 bridgehead atoms. The normalized spacial score (nSPS) is 12.6. The number of Topliss-reactive ketones (excluding diaryl/α,β-unsaturated/α-hetero) is 1. The quantitative estimate of drug-likeness (QED) is 0.728. The standard InChI is InChI=1S/C14H20O2/c1-9-6-11(3)13(7-10(9)2)14(15)8-12(4)16-5/h6-7,12H,8H2,1-5H3. The Morgan fingerprint density at radius 1 is 1.19 bits per heavy atom. The predicted molar refractivity (Wildman–Crippen MR) is 66.1 cm³/mol. The van der Waals surface area contributed by atoms with E-state index in [1.165, 1.54) is 11.1 Å². The highest BCUT2D eigenvalue weighted by Gasteiger charge is 2.13. The van der Waals surface area contributed by atoms with Crippen LogP contribution in [0.3, 0.4) is 0 Å². The molecule has 1 aromatic carbocycles. The first kappa shape index (κ1) is 12.9. The van der Waals surface area contributed by atoms with Crippen LogP contribution in [0, 0.1) is 20.8 Å². The molecule has 0 aliphatic rings. The first-order valence-corrected chi connectivity index (χ1v) is 5.59. The van der Waals surface area contributed by atoms with E-state index >= 15 is 0 Å². The van der Waals surface area contributed by atoms with E-state index in [0.29, 0.717) is 6.42 Å². The lowest BCUT2D eigenvalue weighted by Gasteiger charge is -2.12. The molecule has 0 heterocycles.